The zero-order valence-electron chi connectivity index (χ0n) is 14.8. The lowest BCUT2D eigenvalue weighted by molar-refractivity contribution is -0.151. The summed E-state index contributed by atoms with van der Waals surface area (Å²) in [6.07, 6.45) is -0.0768. The third-order valence-electron chi connectivity index (χ3n) is 4.37. The molecular weight excluding hydrogens is 351 g/mol. The van der Waals surface area contributed by atoms with Crippen molar-refractivity contribution < 1.29 is 23.5 Å². The molecule has 1 fully saturated rings. The Morgan fingerprint density at radius 3 is 2.63 bits per heavy atom. The van der Waals surface area contributed by atoms with E-state index in [4.69, 9.17) is 4.74 Å². The molecular formula is C20H19FN2O4. The summed E-state index contributed by atoms with van der Waals surface area (Å²) in [5.41, 5.74) is 1.66. The van der Waals surface area contributed by atoms with Crippen molar-refractivity contribution in [2.45, 2.75) is 13.3 Å². The smallest absolute Gasteiger partial charge is 0.311 e. The van der Waals surface area contributed by atoms with Crippen LogP contribution in [0.1, 0.15) is 12.0 Å². The van der Waals surface area contributed by atoms with Crippen LogP contribution in [0, 0.1) is 18.7 Å². The van der Waals surface area contributed by atoms with E-state index in [0.717, 1.165) is 5.56 Å². The third kappa shape index (κ3) is 4.31. The number of aryl methyl sites for hydroxylation is 1. The van der Waals surface area contributed by atoms with Crippen molar-refractivity contribution in [2.75, 3.05) is 23.4 Å². The van der Waals surface area contributed by atoms with Gasteiger partial charge in [-0.05, 0) is 30.7 Å². The SMILES string of the molecule is Cc1ccccc1NC(=O)COC(=O)[C@H]1CC(=O)N(c2ccccc2F)C1. The van der Waals surface area contributed by atoms with E-state index in [1.165, 1.54) is 23.1 Å². The number of carbonyl (C=O) groups is 3. The lowest BCUT2D eigenvalue weighted by Gasteiger charge is -2.17. The van der Waals surface area contributed by atoms with Crippen LogP contribution in [0.15, 0.2) is 48.5 Å². The summed E-state index contributed by atoms with van der Waals surface area (Å²) in [6.45, 7) is 1.43. The molecule has 2 aromatic carbocycles. The van der Waals surface area contributed by atoms with E-state index in [9.17, 15) is 18.8 Å². The van der Waals surface area contributed by atoms with Crippen LogP contribution in [0.3, 0.4) is 0 Å². The minimum Gasteiger partial charge on any atom is -0.455 e. The van der Waals surface area contributed by atoms with Gasteiger partial charge in [-0.15, -0.1) is 0 Å². The largest absolute Gasteiger partial charge is 0.455 e. The second-order valence-electron chi connectivity index (χ2n) is 6.33. The highest BCUT2D eigenvalue weighted by molar-refractivity contribution is 6.00. The van der Waals surface area contributed by atoms with E-state index in [1.807, 2.05) is 19.1 Å². The number of nitrogens with zero attached hydrogens (tertiary/aromatic N) is 1. The van der Waals surface area contributed by atoms with Crippen molar-refractivity contribution in [3.05, 3.63) is 59.9 Å². The molecule has 1 aliphatic rings. The first kappa shape index (κ1) is 18.6. The molecule has 0 unspecified atom stereocenters. The summed E-state index contributed by atoms with van der Waals surface area (Å²) in [5.74, 6) is -2.73. The number of carbonyl (C=O) groups excluding carboxylic acids is 3. The molecule has 1 saturated heterocycles. The molecule has 0 aromatic heterocycles. The molecule has 0 radical (unpaired) electrons. The van der Waals surface area contributed by atoms with Crippen molar-refractivity contribution in [1.82, 2.24) is 0 Å². The molecule has 0 saturated carbocycles. The van der Waals surface area contributed by atoms with Crippen molar-refractivity contribution in [3.63, 3.8) is 0 Å². The molecule has 1 N–H and O–H groups in total. The number of anilines is 2. The van der Waals surface area contributed by atoms with Crippen LogP contribution in [-0.2, 0) is 19.1 Å². The average Bonchev–Trinajstić information content (AvgIpc) is 3.04. The van der Waals surface area contributed by atoms with Gasteiger partial charge in [-0.25, -0.2) is 4.39 Å². The van der Waals surface area contributed by atoms with Crippen molar-refractivity contribution in [2.24, 2.45) is 5.92 Å². The Kier molecular flexibility index (Phi) is 5.49. The van der Waals surface area contributed by atoms with Crippen LogP contribution in [-0.4, -0.2) is 30.9 Å². The number of amides is 2. The highest BCUT2D eigenvalue weighted by atomic mass is 19.1. The van der Waals surface area contributed by atoms with Gasteiger partial charge in [0.05, 0.1) is 11.6 Å². The first-order valence-corrected chi connectivity index (χ1v) is 8.52. The molecule has 1 heterocycles. The Hall–Kier alpha value is -3.22. The summed E-state index contributed by atoms with van der Waals surface area (Å²) in [5, 5.41) is 2.66. The van der Waals surface area contributed by atoms with E-state index in [0.29, 0.717) is 5.69 Å². The fraction of sp³-hybridized carbons (Fsp3) is 0.250. The predicted octanol–water partition coefficient (Wildman–Crippen LogP) is 2.67. The van der Waals surface area contributed by atoms with Gasteiger partial charge >= 0.3 is 5.97 Å². The highest BCUT2D eigenvalue weighted by Gasteiger charge is 2.37. The van der Waals surface area contributed by atoms with Gasteiger partial charge in [0.25, 0.3) is 5.91 Å². The normalized spacial score (nSPS) is 16.3. The molecule has 0 aliphatic carbocycles. The molecule has 1 atom stereocenters. The van der Waals surface area contributed by atoms with Crippen LogP contribution in [0.5, 0.6) is 0 Å². The Morgan fingerprint density at radius 2 is 1.89 bits per heavy atom. The number of nitrogens with one attached hydrogen (secondary N) is 1. The van der Waals surface area contributed by atoms with Crippen LogP contribution in [0.25, 0.3) is 0 Å². The van der Waals surface area contributed by atoms with Crippen molar-refractivity contribution in [3.8, 4) is 0 Å². The van der Waals surface area contributed by atoms with E-state index >= 15 is 0 Å². The Bertz CT molecular complexity index is 884. The van der Waals surface area contributed by atoms with Gasteiger partial charge in [0.2, 0.25) is 5.91 Å². The number of halogens is 1. The highest BCUT2D eigenvalue weighted by Crippen LogP contribution is 2.27. The molecule has 1 aliphatic heterocycles. The summed E-state index contributed by atoms with van der Waals surface area (Å²) in [7, 11) is 0. The standard InChI is InChI=1S/C20H19FN2O4/c1-13-6-2-4-8-16(13)22-18(24)12-27-20(26)14-10-19(25)23(11-14)17-9-5-3-7-15(17)21/h2-9,14H,10-12H2,1H3,(H,22,24)/t14-/m0/s1. The maximum Gasteiger partial charge on any atom is 0.311 e. The van der Waals surface area contributed by atoms with Crippen molar-refractivity contribution >= 4 is 29.2 Å². The lowest BCUT2D eigenvalue weighted by atomic mass is 10.1. The molecule has 0 bridgehead atoms. The molecule has 3 rings (SSSR count). The third-order valence-corrected chi connectivity index (χ3v) is 4.37. The number of hydrogen-bond acceptors (Lipinski definition) is 4. The lowest BCUT2D eigenvalue weighted by Crippen LogP contribution is -2.28. The van der Waals surface area contributed by atoms with Crippen LogP contribution < -0.4 is 10.2 Å². The summed E-state index contributed by atoms with van der Waals surface area (Å²) < 4.78 is 18.9. The Morgan fingerprint density at radius 1 is 1.19 bits per heavy atom. The van der Waals surface area contributed by atoms with Gasteiger partial charge in [0.1, 0.15) is 5.82 Å². The van der Waals surface area contributed by atoms with E-state index in [1.54, 1.807) is 18.2 Å². The van der Waals surface area contributed by atoms with Crippen LogP contribution >= 0.6 is 0 Å². The van der Waals surface area contributed by atoms with Gasteiger partial charge in [0, 0.05) is 18.7 Å². The minimum atomic E-state index is -0.733. The second-order valence-corrected chi connectivity index (χ2v) is 6.33. The fourth-order valence-electron chi connectivity index (χ4n) is 2.92. The van der Waals surface area contributed by atoms with Gasteiger partial charge in [0.15, 0.2) is 6.61 Å². The molecule has 140 valence electrons. The number of esters is 1. The Balaban J connectivity index is 1.54. The zero-order valence-corrected chi connectivity index (χ0v) is 14.8. The van der Waals surface area contributed by atoms with Crippen molar-refractivity contribution in [1.29, 1.82) is 0 Å². The molecule has 27 heavy (non-hydrogen) atoms. The zero-order chi connectivity index (χ0) is 19.4. The summed E-state index contributed by atoms with van der Waals surface area (Å²) in [4.78, 5) is 37.5. The maximum atomic E-state index is 13.9. The first-order chi connectivity index (χ1) is 13.0. The van der Waals surface area contributed by atoms with E-state index in [-0.39, 0.29) is 24.6 Å². The molecule has 2 aromatic rings. The fourth-order valence-corrected chi connectivity index (χ4v) is 2.92. The van der Waals surface area contributed by atoms with E-state index < -0.39 is 30.2 Å². The average molecular weight is 370 g/mol. The Labute approximate surface area is 155 Å². The van der Waals surface area contributed by atoms with Crippen LogP contribution in [0.4, 0.5) is 15.8 Å². The van der Waals surface area contributed by atoms with Gasteiger partial charge < -0.3 is 15.0 Å². The number of ether oxygens (including phenoxy) is 1. The number of rotatable bonds is 5. The first-order valence-electron chi connectivity index (χ1n) is 8.52. The second kappa shape index (κ2) is 7.99. The number of para-hydroxylation sites is 2. The molecule has 6 nitrogen and oxygen atoms in total. The molecule has 0 spiro atoms. The topological polar surface area (TPSA) is 75.7 Å². The summed E-state index contributed by atoms with van der Waals surface area (Å²) >= 11 is 0. The van der Waals surface area contributed by atoms with Crippen LogP contribution in [0.2, 0.25) is 0 Å². The van der Waals surface area contributed by atoms with Gasteiger partial charge in [-0.1, -0.05) is 30.3 Å². The van der Waals surface area contributed by atoms with Gasteiger partial charge in [-0.3, -0.25) is 14.4 Å². The number of benzene rings is 2. The summed E-state index contributed by atoms with van der Waals surface area (Å²) in [6, 6.07) is 13.1. The number of hydrogen-bond donors (Lipinski definition) is 1. The predicted molar refractivity (Wildman–Crippen MR) is 97.6 cm³/mol. The molecule has 7 heteroatoms. The van der Waals surface area contributed by atoms with Gasteiger partial charge in [-0.2, -0.15) is 0 Å². The maximum absolute atomic E-state index is 13.9. The monoisotopic (exact) mass is 370 g/mol. The minimum absolute atomic E-state index is 0.0258. The van der Waals surface area contributed by atoms with E-state index in [2.05, 4.69) is 5.32 Å². The molecule has 2 amide bonds. The quantitative estimate of drug-likeness (QED) is 0.821.